The van der Waals surface area contributed by atoms with E-state index >= 15 is 0 Å². The second kappa shape index (κ2) is 3.74. The SMILES string of the molecule is NC(=O)C[C@H](N)c1ccc2cc[nH]c2c1. The summed E-state index contributed by atoms with van der Waals surface area (Å²) in [4.78, 5) is 13.8. The van der Waals surface area contributed by atoms with Crippen LogP contribution in [0.2, 0.25) is 0 Å². The monoisotopic (exact) mass is 203 g/mol. The molecule has 0 saturated carbocycles. The predicted octanol–water partition coefficient (Wildman–Crippen LogP) is 1.04. The van der Waals surface area contributed by atoms with Gasteiger partial charge in [-0.2, -0.15) is 0 Å². The first-order valence-electron chi connectivity index (χ1n) is 4.78. The number of amides is 1. The van der Waals surface area contributed by atoms with Gasteiger partial charge in [-0.1, -0.05) is 12.1 Å². The zero-order valence-electron chi connectivity index (χ0n) is 8.23. The number of rotatable bonds is 3. The minimum Gasteiger partial charge on any atom is -0.370 e. The number of hydrogen-bond acceptors (Lipinski definition) is 2. The number of primary amides is 1. The average molecular weight is 203 g/mol. The third kappa shape index (κ3) is 1.99. The second-order valence-electron chi connectivity index (χ2n) is 3.60. The lowest BCUT2D eigenvalue weighted by atomic mass is 10.0. The van der Waals surface area contributed by atoms with Crippen LogP contribution < -0.4 is 11.5 Å². The highest BCUT2D eigenvalue weighted by Crippen LogP contribution is 2.19. The van der Waals surface area contributed by atoms with E-state index in [2.05, 4.69) is 4.98 Å². The van der Waals surface area contributed by atoms with E-state index in [4.69, 9.17) is 11.5 Å². The van der Waals surface area contributed by atoms with E-state index in [-0.39, 0.29) is 18.4 Å². The fraction of sp³-hybridized carbons (Fsp3) is 0.182. The van der Waals surface area contributed by atoms with Crippen molar-refractivity contribution in [3.63, 3.8) is 0 Å². The Morgan fingerprint density at radius 1 is 1.40 bits per heavy atom. The third-order valence-corrected chi connectivity index (χ3v) is 2.43. The van der Waals surface area contributed by atoms with Crippen LogP contribution >= 0.6 is 0 Å². The fourth-order valence-electron chi connectivity index (χ4n) is 1.63. The van der Waals surface area contributed by atoms with Crippen LogP contribution in [0.15, 0.2) is 30.5 Å². The number of carbonyl (C=O) groups is 1. The maximum Gasteiger partial charge on any atom is 0.219 e. The average Bonchev–Trinajstić information content (AvgIpc) is 2.62. The molecule has 15 heavy (non-hydrogen) atoms. The van der Waals surface area contributed by atoms with Crippen molar-refractivity contribution in [2.24, 2.45) is 11.5 Å². The van der Waals surface area contributed by atoms with E-state index in [9.17, 15) is 4.79 Å². The number of nitrogens with two attached hydrogens (primary N) is 2. The van der Waals surface area contributed by atoms with Gasteiger partial charge in [-0.3, -0.25) is 4.79 Å². The number of H-pyrrole nitrogens is 1. The van der Waals surface area contributed by atoms with Crippen LogP contribution in [0, 0.1) is 0 Å². The number of nitrogens with one attached hydrogen (secondary N) is 1. The predicted molar refractivity (Wildman–Crippen MR) is 59.0 cm³/mol. The molecule has 0 spiro atoms. The molecule has 78 valence electrons. The van der Waals surface area contributed by atoms with E-state index < -0.39 is 0 Å². The second-order valence-corrected chi connectivity index (χ2v) is 3.60. The van der Waals surface area contributed by atoms with Gasteiger partial charge in [-0.15, -0.1) is 0 Å². The van der Waals surface area contributed by atoms with Crippen LogP contribution in [-0.2, 0) is 4.79 Å². The number of benzene rings is 1. The van der Waals surface area contributed by atoms with Crippen LogP contribution in [0.25, 0.3) is 10.9 Å². The van der Waals surface area contributed by atoms with E-state index in [0.29, 0.717) is 0 Å². The summed E-state index contributed by atoms with van der Waals surface area (Å²) in [6.45, 7) is 0. The summed E-state index contributed by atoms with van der Waals surface area (Å²) in [6.07, 6.45) is 2.04. The molecule has 1 heterocycles. The highest BCUT2D eigenvalue weighted by Gasteiger charge is 2.09. The molecule has 0 aliphatic heterocycles. The molecule has 1 aromatic carbocycles. The van der Waals surface area contributed by atoms with Gasteiger partial charge in [0.25, 0.3) is 0 Å². The van der Waals surface area contributed by atoms with Crippen molar-refractivity contribution in [1.29, 1.82) is 0 Å². The van der Waals surface area contributed by atoms with E-state index in [1.54, 1.807) is 0 Å². The molecule has 5 N–H and O–H groups in total. The molecule has 1 atom stereocenters. The molecule has 0 unspecified atom stereocenters. The third-order valence-electron chi connectivity index (χ3n) is 2.43. The van der Waals surface area contributed by atoms with Gasteiger partial charge in [0, 0.05) is 24.2 Å². The first-order chi connectivity index (χ1) is 7.16. The van der Waals surface area contributed by atoms with Crippen LogP contribution in [-0.4, -0.2) is 10.9 Å². The van der Waals surface area contributed by atoms with Gasteiger partial charge in [0.15, 0.2) is 0 Å². The Hall–Kier alpha value is -1.81. The number of fused-ring (bicyclic) bond motifs is 1. The number of aromatic amines is 1. The summed E-state index contributed by atoms with van der Waals surface area (Å²) in [5, 5.41) is 1.13. The normalized spacial score (nSPS) is 12.9. The van der Waals surface area contributed by atoms with Crippen LogP contribution in [0.1, 0.15) is 18.0 Å². The maximum absolute atomic E-state index is 10.7. The Morgan fingerprint density at radius 3 is 2.93 bits per heavy atom. The van der Waals surface area contributed by atoms with Crippen molar-refractivity contribution in [2.75, 3.05) is 0 Å². The molecule has 1 aromatic heterocycles. The smallest absolute Gasteiger partial charge is 0.219 e. The largest absolute Gasteiger partial charge is 0.370 e. The molecule has 0 fully saturated rings. The van der Waals surface area contributed by atoms with Gasteiger partial charge < -0.3 is 16.5 Å². The van der Waals surface area contributed by atoms with E-state index in [1.807, 2.05) is 30.5 Å². The first-order valence-corrected chi connectivity index (χ1v) is 4.78. The molecule has 0 radical (unpaired) electrons. The first kappa shape index (κ1) is 9.73. The number of hydrogen-bond donors (Lipinski definition) is 3. The molecule has 0 saturated heterocycles. The Morgan fingerprint density at radius 2 is 2.20 bits per heavy atom. The summed E-state index contributed by atoms with van der Waals surface area (Å²) in [7, 11) is 0. The summed E-state index contributed by atoms with van der Waals surface area (Å²) < 4.78 is 0. The number of aromatic nitrogens is 1. The van der Waals surface area contributed by atoms with Crippen LogP contribution in [0.5, 0.6) is 0 Å². The lowest BCUT2D eigenvalue weighted by Crippen LogP contribution is -2.20. The molecule has 2 rings (SSSR count). The van der Waals surface area contributed by atoms with E-state index in [0.717, 1.165) is 16.5 Å². The molecular weight excluding hydrogens is 190 g/mol. The van der Waals surface area contributed by atoms with Crippen LogP contribution in [0.4, 0.5) is 0 Å². The lowest BCUT2D eigenvalue weighted by Gasteiger charge is -2.09. The summed E-state index contributed by atoms with van der Waals surface area (Å²) in [5.41, 5.74) is 12.9. The molecule has 0 bridgehead atoms. The Kier molecular flexibility index (Phi) is 2.43. The minimum absolute atomic E-state index is 0.173. The van der Waals surface area contributed by atoms with Crippen molar-refractivity contribution >= 4 is 16.8 Å². The lowest BCUT2D eigenvalue weighted by molar-refractivity contribution is -0.118. The summed E-state index contributed by atoms with van der Waals surface area (Å²) >= 11 is 0. The minimum atomic E-state index is -0.380. The zero-order chi connectivity index (χ0) is 10.8. The van der Waals surface area contributed by atoms with E-state index in [1.165, 1.54) is 0 Å². The Bertz CT molecular complexity index is 489. The highest BCUT2D eigenvalue weighted by atomic mass is 16.1. The van der Waals surface area contributed by atoms with Gasteiger partial charge in [-0.05, 0) is 23.1 Å². The van der Waals surface area contributed by atoms with Crippen molar-refractivity contribution in [3.8, 4) is 0 Å². The fourth-order valence-corrected chi connectivity index (χ4v) is 1.63. The van der Waals surface area contributed by atoms with Crippen molar-refractivity contribution in [2.45, 2.75) is 12.5 Å². The van der Waals surface area contributed by atoms with Gasteiger partial charge in [0.2, 0.25) is 5.91 Å². The molecule has 0 aliphatic carbocycles. The summed E-state index contributed by atoms with van der Waals surface area (Å²) in [6, 6.07) is 7.50. The molecule has 2 aromatic rings. The Balaban J connectivity index is 2.30. The van der Waals surface area contributed by atoms with Crippen molar-refractivity contribution in [3.05, 3.63) is 36.0 Å². The quantitative estimate of drug-likeness (QED) is 0.696. The summed E-state index contributed by atoms with van der Waals surface area (Å²) in [5.74, 6) is -0.380. The van der Waals surface area contributed by atoms with Crippen LogP contribution in [0.3, 0.4) is 0 Å². The van der Waals surface area contributed by atoms with Crippen molar-refractivity contribution in [1.82, 2.24) is 4.98 Å². The highest BCUT2D eigenvalue weighted by molar-refractivity contribution is 5.80. The van der Waals surface area contributed by atoms with Crippen molar-refractivity contribution < 1.29 is 4.79 Å². The Labute approximate surface area is 87.3 Å². The van der Waals surface area contributed by atoms with Gasteiger partial charge in [0.1, 0.15) is 0 Å². The molecule has 0 aliphatic rings. The van der Waals surface area contributed by atoms with Gasteiger partial charge in [-0.25, -0.2) is 0 Å². The standard InChI is InChI=1S/C11H13N3O/c12-9(6-11(13)15)8-2-1-7-3-4-14-10(7)5-8/h1-5,9,14H,6,12H2,(H2,13,15)/t9-/m0/s1. The maximum atomic E-state index is 10.7. The topological polar surface area (TPSA) is 84.9 Å². The molecular formula is C11H13N3O. The molecule has 4 heteroatoms. The van der Waals surface area contributed by atoms with Gasteiger partial charge in [0.05, 0.1) is 0 Å². The zero-order valence-corrected chi connectivity index (χ0v) is 8.23. The number of carbonyl (C=O) groups excluding carboxylic acids is 1. The molecule has 1 amide bonds. The van der Waals surface area contributed by atoms with Gasteiger partial charge >= 0.3 is 0 Å². The molecule has 4 nitrogen and oxygen atoms in total.